The van der Waals surface area contributed by atoms with E-state index >= 15 is 0 Å². The van der Waals surface area contributed by atoms with E-state index in [4.69, 9.17) is 5.11 Å². The molecule has 0 bridgehead atoms. The van der Waals surface area contributed by atoms with Crippen LogP contribution in [0, 0.1) is 0 Å². The largest absolute Gasteiger partial charge is 0.480 e. The second kappa shape index (κ2) is 7.35. The van der Waals surface area contributed by atoms with Crippen molar-refractivity contribution in [3.8, 4) is 0 Å². The molecule has 2 N–H and O–H groups in total. The topological polar surface area (TPSA) is 97.1 Å². The normalized spacial score (nSPS) is 10.4. The Morgan fingerprint density at radius 2 is 1.91 bits per heavy atom. The summed E-state index contributed by atoms with van der Waals surface area (Å²) >= 11 is 0. The molecule has 0 saturated heterocycles. The van der Waals surface area contributed by atoms with Crippen molar-refractivity contribution in [2.75, 3.05) is 0 Å². The Labute approximate surface area is 128 Å². The molecule has 7 nitrogen and oxygen atoms in total. The molecule has 0 radical (unpaired) electrons. The van der Waals surface area contributed by atoms with Gasteiger partial charge in [-0.3, -0.25) is 9.59 Å². The van der Waals surface area contributed by atoms with Gasteiger partial charge < -0.3 is 10.4 Å². The number of rotatable bonds is 7. The van der Waals surface area contributed by atoms with E-state index in [-0.39, 0.29) is 19.0 Å². The van der Waals surface area contributed by atoms with Crippen LogP contribution in [0.4, 0.5) is 0 Å². The lowest BCUT2D eigenvalue weighted by atomic mass is 10.1. The van der Waals surface area contributed by atoms with Crippen LogP contribution < -0.4 is 5.32 Å². The van der Waals surface area contributed by atoms with Crippen LogP contribution in [0.5, 0.6) is 0 Å². The van der Waals surface area contributed by atoms with E-state index in [1.54, 1.807) is 0 Å². The highest BCUT2D eigenvalue weighted by Gasteiger charge is 2.07. The summed E-state index contributed by atoms with van der Waals surface area (Å²) in [5, 5.41) is 18.9. The molecule has 1 aromatic heterocycles. The highest BCUT2D eigenvalue weighted by molar-refractivity contribution is 5.78. The molecule has 22 heavy (non-hydrogen) atoms. The average Bonchev–Trinajstić information content (AvgIpc) is 2.93. The molecule has 1 heterocycles. The molecule has 0 saturated carbocycles. The number of aryl methyl sites for hydroxylation is 1. The van der Waals surface area contributed by atoms with Gasteiger partial charge in [0.15, 0.2) is 0 Å². The smallest absolute Gasteiger partial charge is 0.325 e. The zero-order valence-corrected chi connectivity index (χ0v) is 12.3. The third-order valence-electron chi connectivity index (χ3n) is 3.15. The summed E-state index contributed by atoms with van der Waals surface area (Å²) in [7, 11) is 0. The number of aromatic nitrogens is 3. The van der Waals surface area contributed by atoms with Crippen molar-refractivity contribution in [2.24, 2.45) is 0 Å². The maximum atomic E-state index is 11.9. The SMILES string of the molecule is CCc1ccc(CC(=O)NCc2cn(CC(=O)O)nn2)cc1. The molecule has 2 rings (SSSR count). The van der Waals surface area contributed by atoms with Crippen LogP contribution in [0.2, 0.25) is 0 Å². The average molecular weight is 302 g/mol. The van der Waals surface area contributed by atoms with E-state index in [1.807, 2.05) is 24.3 Å². The minimum Gasteiger partial charge on any atom is -0.480 e. The number of amides is 1. The minimum atomic E-state index is -0.990. The zero-order chi connectivity index (χ0) is 15.9. The monoisotopic (exact) mass is 302 g/mol. The Kier molecular flexibility index (Phi) is 5.24. The molecule has 1 aromatic carbocycles. The highest BCUT2D eigenvalue weighted by atomic mass is 16.4. The van der Waals surface area contributed by atoms with E-state index in [0.29, 0.717) is 12.1 Å². The molecule has 0 aliphatic carbocycles. The van der Waals surface area contributed by atoms with Crippen LogP contribution in [-0.4, -0.2) is 32.0 Å². The summed E-state index contributed by atoms with van der Waals surface area (Å²) in [6.07, 6.45) is 2.77. The molecular formula is C15H18N4O3. The maximum absolute atomic E-state index is 11.9. The lowest BCUT2D eigenvalue weighted by molar-refractivity contribution is -0.138. The van der Waals surface area contributed by atoms with Crippen LogP contribution >= 0.6 is 0 Å². The van der Waals surface area contributed by atoms with Crippen molar-refractivity contribution in [1.29, 1.82) is 0 Å². The van der Waals surface area contributed by atoms with E-state index < -0.39 is 5.97 Å². The molecule has 2 aromatic rings. The lowest BCUT2D eigenvalue weighted by Crippen LogP contribution is -2.24. The molecule has 1 amide bonds. The summed E-state index contributed by atoms with van der Waals surface area (Å²) in [4.78, 5) is 22.4. The van der Waals surface area contributed by atoms with Gasteiger partial charge in [-0.1, -0.05) is 36.4 Å². The quantitative estimate of drug-likeness (QED) is 0.788. The molecule has 116 valence electrons. The van der Waals surface area contributed by atoms with Crippen LogP contribution in [0.3, 0.4) is 0 Å². The van der Waals surface area contributed by atoms with Crippen molar-refractivity contribution in [2.45, 2.75) is 32.9 Å². The summed E-state index contributed by atoms with van der Waals surface area (Å²) < 4.78 is 1.22. The second-order valence-electron chi connectivity index (χ2n) is 4.92. The Hall–Kier alpha value is -2.70. The predicted octanol–water partition coefficient (Wildman–Crippen LogP) is 0.784. The Morgan fingerprint density at radius 1 is 1.23 bits per heavy atom. The zero-order valence-electron chi connectivity index (χ0n) is 12.3. The van der Waals surface area contributed by atoms with Crippen molar-refractivity contribution in [3.05, 3.63) is 47.3 Å². The molecule has 0 spiro atoms. The third-order valence-corrected chi connectivity index (χ3v) is 3.15. The van der Waals surface area contributed by atoms with Crippen LogP contribution in [0.15, 0.2) is 30.5 Å². The first-order valence-corrected chi connectivity index (χ1v) is 7.02. The highest BCUT2D eigenvalue weighted by Crippen LogP contribution is 2.05. The Morgan fingerprint density at radius 3 is 2.55 bits per heavy atom. The van der Waals surface area contributed by atoms with Gasteiger partial charge in [-0.05, 0) is 17.5 Å². The number of hydrogen-bond donors (Lipinski definition) is 2. The fourth-order valence-corrected chi connectivity index (χ4v) is 1.97. The molecular weight excluding hydrogens is 284 g/mol. The summed E-state index contributed by atoms with van der Waals surface area (Å²) in [5.41, 5.74) is 2.71. The number of hydrogen-bond acceptors (Lipinski definition) is 4. The van der Waals surface area contributed by atoms with Gasteiger partial charge in [0.2, 0.25) is 5.91 Å². The summed E-state index contributed by atoms with van der Waals surface area (Å²) in [6, 6.07) is 7.92. The predicted molar refractivity (Wildman–Crippen MR) is 79.0 cm³/mol. The fraction of sp³-hybridized carbons (Fsp3) is 0.333. The fourth-order valence-electron chi connectivity index (χ4n) is 1.97. The number of nitrogens with zero attached hydrogens (tertiary/aromatic N) is 3. The first-order valence-electron chi connectivity index (χ1n) is 7.02. The van der Waals surface area contributed by atoms with Gasteiger partial charge in [0.1, 0.15) is 12.2 Å². The number of carbonyl (C=O) groups is 2. The molecule has 0 aliphatic heterocycles. The maximum Gasteiger partial charge on any atom is 0.325 e. The van der Waals surface area contributed by atoms with Gasteiger partial charge in [0.25, 0.3) is 0 Å². The van der Waals surface area contributed by atoms with E-state index in [9.17, 15) is 9.59 Å². The van der Waals surface area contributed by atoms with Crippen molar-refractivity contribution in [1.82, 2.24) is 20.3 Å². The number of benzene rings is 1. The standard InChI is InChI=1S/C15H18N4O3/c1-2-11-3-5-12(6-4-11)7-14(20)16-8-13-9-19(18-17-13)10-15(21)22/h3-6,9H,2,7-8,10H2,1H3,(H,16,20)(H,21,22). The third kappa shape index (κ3) is 4.69. The van der Waals surface area contributed by atoms with Crippen molar-refractivity contribution < 1.29 is 14.7 Å². The van der Waals surface area contributed by atoms with Crippen LogP contribution in [-0.2, 0) is 35.5 Å². The van der Waals surface area contributed by atoms with Gasteiger partial charge >= 0.3 is 5.97 Å². The van der Waals surface area contributed by atoms with E-state index in [0.717, 1.165) is 12.0 Å². The Balaban J connectivity index is 1.81. The number of aliphatic carboxylic acids is 1. The minimum absolute atomic E-state index is 0.114. The lowest BCUT2D eigenvalue weighted by Gasteiger charge is -2.04. The number of carboxylic acid groups (broad SMARTS) is 1. The number of carboxylic acids is 1. The first-order chi connectivity index (χ1) is 10.6. The summed E-state index contributed by atoms with van der Waals surface area (Å²) in [5.74, 6) is -1.10. The van der Waals surface area contributed by atoms with Gasteiger partial charge in [0.05, 0.1) is 19.2 Å². The Bertz CT molecular complexity index is 649. The van der Waals surface area contributed by atoms with Gasteiger partial charge in [-0.2, -0.15) is 0 Å². The van der Waals surface area contributed by atoms with Crippen LogP contribution in [0.25, 0.3) is 0 Å². The van der Waals surface area contributed by atoms with Gasteiger partial charge in [0, 0.05) is 0 Å². The molecule has 7 heteroatoms. The van der Waals surface area contributed by atoms with Crippen molar-refractivity contribution >= 4 is 11.9 Å². The second-order valence-corrected chi connectivity index (χ2v) is 4.92. The first kappa shape index (κ1) is 15.7. The van der Waals surface area contributed by atoms with E-state index in [1.165, 1.54) is 16.4 Å². The summed E-state index contributed by atoms with van der Waals surface area (Å²) in [6.45, 7) is 2.06. The number of carbonyl (C=O) groups excluding carboxylic acids is 1. The van der Waals surface area contributed by atoms with Crippen molar-refractivity contribution in [3.63, 3.8) is 0 Å². The molecule has 0 atom stereocenters. The number of nitrogens with one attached hydrogen (secondary N) is 1. The van der Waals surface area contributed by atoms with Crippen LogP contribution in [0.1, 0.15) is 23.7 Å². The molecule has 0 unspecified atom stereocenters. The molecule has 0 fully saturated rings. The van der Waals surface area contributed by atoms with E-state index in [2.05, 4.69) is 22.6 Å². The van der Waals surface area contributed by atoms with Gasteiger partial charge in [-0.15, -0.1) is 5.10 Å². The van der Waals surface area contributed by atoms with Gasteiger partial charge in [-0.25, -0.2) is 4.68 Å². The molecule has 0 aliphatic rings.